The van der Waals surface area contributed by atoms with Crippen LogP contribution in [0.1, 0.15) is 11.1 Å². The van der Waals surface area contributed by atoms with Crippen molar-refractivity contribution in [3.05, 3.63) is 35.7 Å². The molecule has 0 unspecified atom stereocenters. The van der Waals surface area contributed by atoms with E-state index in [-0.39, 0.29) is 5.91 Å². The monoisotopic (exact) mass is 276 g/mol. The van der Waals surface area contributed by atoms with Crippen LogP contribution in [0.3, 0.4) is 0 Å². The van der Waals surface area contributed by atoms with E-state index in [0.717, 1.165) is 16.4 Å². The molecule has 2 rings (SSSR count). The molecule has 1 heterocycles. The normalized spacial score (nSPS) is 10.5. The molecule has 1 aromatic carbocycles. The summed E-state index contributed by atoms with van der Waals surface area (Å²) in [7, 11) is 1.85. The summed E-state index contributed by atoms with van der Waals surface area (Å²) in [6.07, 6.45) is 1.62. The topological polar surface area (TPSA) is 59.8 Å². The van der Waals surface area contributed by atoms with Gasteiger partial charge in [0.15, 0.2) is 5.16 Å². The van der Waals surface area contributed by atoms with Gasteiger partial charge in [-0.2, -0.15) is 0 Å². The van der Waals surface area contributed by atoms with E-state index >= 15 is 0 Å². The first-order valence-corrected chi connectivity index (χ1v) is 6.89. The molecule has 0 saturated heterocycles. The molecule has 1 N–H and O–H groups in total. The van der Waals surface area contributed by atoms with Crippen LogP contribution in [0.15, 0.2) is 29.7 Å². The summed E-state index contributed by atoms with van der Waals surface area (Å²) in [6, 6.07) is 5.88. The highest BCUT2D eigenvalue weighted by Gasteiger charge is 2.08. The second-order valence-corrected chi connectivity index (χ2v) is 5.25. The van der Waals surface area contributed by atoms with Gasteiger partial charge in [0.05, 0.1) is 5.75 Å². The van der Waals surface area contributed by atoms with Crippen LogP contribution in [0.25, 0.3) is 0 Å². The second kappa shape index (κ2) is 5.88. The number of aromatic nitrogens is 3. The van der Waals surface area contributed by atoms with Gasteiger partial charge in [0, 0.05) is 12.7 Å². The number of aryl methyl sites for hydroxylation is 2. The average molecular weight is 276 g/mol. The highest BCUT2D eigenvalue weighted by molar-refractivity contribution is 7.99. The SMILES string of the molecule is Cc1cccc(NC(=O)CSc2nncn2C)c1C. The first-order valence-electron chi connectivity index (χ1n) is 5.91. The highest BCUT2D eigenvalue weighted by Crippen LogP contribution is 2.19. The van der Waals surface area contributed by atoms with Crippen molar-refractivity contribution >= 4 is 23.4 Å². The molecule has 6 heteroatoms. The molecule has 100 valence electrons. The van der Waals surface area contributed by atoms with Crippen LogP contribution in [0.4, 0.5) is 5.69 Å². The van der Waals surface area contributed by atoms with Crippen molar-refractivity contribution in [3.8, 4) is 0 Å². The Bertz CT molecular complexity index is 594. The number of carbonyl (C=O) groups excluding carboxylic acids is 1. The molecule has 2 aromatic rings. The Kier molecular flexibility index (Phi) is 4.21. The molecule has 0 spiro atoms. The summed E-state index contributed by atoms with van der Waals surface area (Å²) < 4.78 is 1.79. The number of rotatable bonds is 4. The van der Waals surface area contributed by atoms with Gasteiger partial charge in [0.2, 0.25) is 5.91 Å². The predicted octanol–water partition coefficient (Wildman–Crippen LogP) is 2.16. The maximum atomic E-state index is 11.9. The Hall–Kier alpha value is -1.82. The van der Waals surface area contributed by atoms with Crippen LogP contribution in [-0.4, -0.2) is 26.4 Å². The molecule has 0 aliphatic rings. The van der Waals surface area contributed by atoms with Crippen LogP contribution < -0.4 is 5.32 Å². The van der Waals surface area contributed by atoms with E-state index in [1.54, 1.807) is 10.9 Å². The minimum atomic E-state index is -0.0401. The quantitative estimate of drug-likeness (QED) is 0.869. The van der Waals surface area contributed by atoms with Crippen LogP contribution in [-0.2, 0) is 11.8 Å². The van der Waals surface area contributed by atoms with E-state index in [1.165, 1.54) is 17.3 Å². The molecule has 0 radical (unpaired) electrons. The molecule has 0 aliphatic carbocycles. The van der Waals surface area contributed by atoms with E-state index in [1.807, 2.05) is 39.1 Å². The third kappa shape index (κ3) is 3.35. The number of nitrogens with one attached hydrogen (secondary N) is 1. The maximum Gasteiger partial charge on any atom is 0.234 e. The van der Waals surface area contributed by atoms with Gasteiger partial charge in [-0.05, 0) is 31.0 Å². The van der Waals surface area contributed by atoms with Gasteiger partial charge in [-0.15, -0.1) is 10.2 Å². The number of hydrogen-bond donors (Lipinski definition) is 1. The van der Waals surface area contributed by atoms with Gasteiger partial charge in [0.1, 0.15) is 6.33 Å². The fourth-order valence-electron chi connectivity index (χ4n) is 1.61. The Morgan fingerprint density at radius 3 is 2.89 bits per heavy atom. The zero-order valence-corrected chi connectivity index (χ0v) is 12.0. The summed E-state index contributed by atoms with van der Waals surface area (Å²) in [4.78, 5) is 11.9. The highest BCUT2D eigenvalue weighted by atomic mass is 32.2. The van der Waals surface area contributed by atoms with E-state index in [0.29, 0.717) is 5.75 Å². The smallest absolute Gasteiger partial charge is 0.234 e. The number of anilines is 1. The van der Waals surface area contributed by atoms with Crippen molar-refractivity contribution in [1.29, 1.82) is 0 Å². The van der Waals surface area contributed by atoms with Crippen molar-refractivity contribution in [3.63, 3.8) is 0 Å². The minimum absolute atomic E-state index is 0.0401. The Morgan fingerprint density at radius 2 is 2.21 bits per heavy atom. The van der Waals surface area contributed by atoms with Crippen LogP contribution >= 0.6 is 11.8 Å². The fourth-order valence-corrected chi connectivity index (χ4v) is 2.29. The zero-order chi connectivity index (χ0) is 13.8. The van der Waals surface area contributed by atoms with Crippen LogP contribution in [0, 0.1) is 13.8 Å². The molecule has 0 bridgehead atoms. The fraction of sp³-hybridized carbons (Fsp3) is 0.308. The lowest BCUT2D eigenvalue weighted by atomic mass is 10.1. The van der Waals surface area contributed by atoms with Crippen molar-refractivity contribution in [1.82, 2.24) is 14.8 Å². The largest absolute Gasteiger partial charge is 0.325 e. The van der Waals surface area contributed by atoms with Crippen molar-refractivity contribution in [2.75, 3.05) is 11.1 Å². The molecule has 0 fully saturated rings. The van der Waals surface area contributed by atoms with Crippen molar-refractivity contribution in [2.24, 2.45) is 7.05 Å². The second-order valence-electron chi connectivity index (χ2n) is 4.31. The minimum Gasteiger partial charge on any atom is -0.325 e. The number of thioether (sulfide) groups is 1. The number of carbonyl (C=O) groups is 1. The molecule has 0 saturated carbocycles. The molecule has 1 aromatic heterocycles. The third-order valence-electron chi connectivity index (χ3n) is 2.88. The zero-order valence-electron chi connectivity index (χ0n) is 11.2. The van der Waals surface area contributed by atoms with Crippen LogP contribution in [0.2, 0.25) is 0 Å². The average Bonchev–Trinajstić information content (AvgIpc) is 2.78. The summed E-state index contributed by atoms with van der Waals surface area (Å²) in [6.45, 7) is 4.03. The molecule has 5 nitrogen and oxygen atoms in total. The Balaban J connectivity index is 1.95. The number of hydrogen-bond acceptors (Lipinski definition) is 4. The van der Waals surface area contributed by atoms with Gasteiger partial charge < -0.3 is 9.88 Å². The van der Waals surface area contributed by atoms with Crippen molar-refractivity contribution in [2.45, 2.75) is 19.0 Å². The third-order valence-corrected chi connectivity index (χ3v) is 3.92. The predicted molar refractivity (Wildman–Crippen MR) is 76.3 cm³/mol. The van der Waals surface area contributed by atoms with E-state index in [9.17, 15) is 4.79 Å². The maximum absolute atomic E-state index is 11.9. The van der Waals surface area contributed by atoms with E-state index in [4.69, 9.17) is 0 Å². The Morgan fingerprint density at radius 1 is 1.42 bits per heavy atom. The molecule has 0 aliphatic heterocycles. The van der Waals surface area contributed by atoms with Crippen LogP contribution in [0.5, 0.6) is 0 Å². The van der Waals surface area contributed by atoms with E-state index in [2.05, 4.69) is 15.5 Å². The van der Waals surface area contributed by atoms with Gasteiger partial charge in [-0.3, -0.25) is 4.79 Å². The summed E-state index contributed by atoms with van der Waals surface area (Å²) in [5, 5.41) is 11.3. The number of nitrogens with zero attached hydrogens (tertiary/aromatic N) is 3. The number of amides is 1. The summed E-state index contributed by atoms with van der Waals surface area (Å²) in [5.41, 5.74) is 3.13. The van der Waals surface area contributed by atoms with E-state index < -0.39 is 0 Å². The Labute approximate surface area is 116 Å². The molecule has 1 amide bonds. The molecular weight excluding hydrogens is 260 g/mol. The lowest BCUT2D eigenvalue weighted by Gasteiger charge is -2.09. The standard InChI is InChI=1S/C13H16N4OS/c1-9-5-4-6-11(10(9)2)15-12(18)7-19-13-16-14-8-17(13)3/h4-6,8H,7H2,1-3H3,(H,15,18). The first kappa shape index (κ1) is 13.6. The van der Waals surface area contributed by atoms with Gasteiger partial charge in [-0.25, -0.2) is 0 Å². The van der Waals surface area contributed by atoms with Gasteiger partial charge >= 0.3 is 0 Å². The molecule has 0 atom stereocenters. The van der Waals surface area contributed by atoms with Gasteiger partial charge in [0.25, 0.3) is 0 Å². The van der Waals surface area contributed by atoms with Gasteiger partial charge in [-0.1, -0.05) is 23.9 Å². The summed E-state index contributed by atoms with van der Waals surface area (Å²) >= 11 is 1.37. The lowest BCUT2D eigenvalue weighted by Crippen LogP contribution is -2.15. The van der Waals surface area contributed by atoms with Crippen molar-refractivity contribution < 1.29 is 4.79 Å². The summed E-state index contributed by atoms with van der Waals surface area (Å²) in [5.74, 6) is 0.279. The lowest BCUT2D eigenvalue weighted by molar-refractivity contribution is -0.113. The first-order chi connectivity index (χ1) is 9.08. The molecular formula is C13H16N4OS. The molecule has 19 heavy (non-hydrogen) atoms. The number of benzene rings is 1.